The summed E-state index contributed by atoms with van der Waals surface area (Å²) in [4.78, 5) is 0. The van der Waals surface area contributed by atoms with Gasteiger partial charge in [-0.15, -0.1) is 0 Å². The van der Waals surface area contributed by atoms with E-state index in [1.165, 1.54) is 0 Å². The molecule has 0 saturated heterocycles. The second-order valence-electron chi connectivity index (χ2n) is 4.92. The van der Waals surface area contributed by atoms with Crippen LogP contribution >= 0.6 is 0 Å². The van der Waals surface area contributed by atoms with E-state index in [0.29, 0.717) is 6.54 Å². The van der Waals surface area contributed by atoms with Gasteiger partial charge in [0.2, 0.25) is 0 Å². The first-order valence-corrected chi connectivity index (χ1v) is 5.58. The number of rotatable bonds is 4. The lowest BCUT2D eigenvalue weighted by Gasteiger charge is -2.28. The zero-order chi connectivity index (χ0) is 12.2. The third kappa shape index (κ3) is 3.51. The number of para-hydroxylation sites is 1. The van der Waals surface area contributed by atoms with Gasteiger partial charge >= 0.3 is 0 Å². The largest absolute Gasteiger partial charge is 0.496 e. The highest BCUT2D eigenvalue weighted by Crippen LogP contribution is 2.25. The summed E-state index contributed by atoms with van der Waals surface area (Å²) in [5, 5.41) is 3.49. The molecule has 0 saturated carbocycles. The molecule has 0 aliphatic rings. The summed E-state index contributed by atoms with van der Waals surface area (Å²) in [5.74, 6) is 0.884. The van der Waals surface area contributed by atoms with Gasteiger partial charge in [-0.2, -0.15) is 0 Å². The number of nitrogens with two attached hydrogens (primary N) is 1. The molecule has 1 unspecified atom stereocenters. The predicted molar refractivity (Wildman–Crippen MR) is 67.7 cm³/mol. The van der Waals surface area contributed by atoms with Crippen LogP contribution in [0.4, 0.5) is 0 Å². The fourth-order valence-electron chi connectivity index (χ4n) is 1.74. The van der Waals surface area contributed by atoms with Crippen molar-refractivity contribution in [3.63, 3.8) is 0 Å². The molecule has 3 nitrogen and oxygen atoms in total. The number of benzene rings is 1. The first-order valence-electron chi connectivity index (χ1n) is 5.58. The van der Waals surface area contributed by atoms with Crippen molar-refractivity contribution < 1.29 is 4.74 Å². The molecule has 90 valence electrons. The van der Waals surface area contributed by atoms with Crippen LogP contribution in [0.2, 0.25) is 0 Å². The number of ether oxygens (including phenoxy) is 1. The molecule has 0 fully saturated rings. The molecule has 0 aliphatic carbocycles. The zero-order valence-electron chi connectivity index (χ0n) is 10.6. The monoisotopic (exact) mass is 222 g/mol. The predicted octanol–water partition coefficient (Wildman–Crippen LogP) is 2.08. The number of nitrogens with one attached hydrogen (secondary N) is 1. The normalized spacial score (nSPS) is 13.6. The molecule has 1 aromatic rings. The highest BCUT2D eigenvalue weighted by molar-refractivity contribution is 5.36. The number of methoxy groups -OCH3 is 1. The lowest BCUT2D eigenvalue weighted by Crippen LogP contribution is -2.41. The maximum atomic E-state index is 5.82. The molecule has 0 amide bonds. The molecule has 0 spiro atoms. The quantitative estimate of drug-likeness (QED) is 0.820. The van der Waals surface area contributed by atoms with Crippen LogP contribution in [0.1, 0.15) is 32.4 Å². The second kappa shape index (κ2) is 5.32. The molecule has 1 aromatic carbocycles. The van der Waals surface area contributed by atoms with Crippen LogP contribution in [-0.4, -0.2) is 19.2 Å². The Balaban J connectivity index is 2.94. The van der Waals surface area contributed by atoms with Crippen LogP contribution in [0, 0.1) is 0 Å². The molecule has 0 radical (unpaired) electrons. The molecular formula is C13H22N2O. The summed E-state index contributed by atoms with van der Waals surface area (Å²) in [6.07, 6.45) is 0. The van der Waals surface area contributed by atoms with Gasteiger partial charge in [-0.25, -0.2) is 0 Å². The van der Waals surface area contributed by atoms with E-state index < -0.39 is 0 Å². The van der Waals surface area contributed by atoms with Gasteiger partial charge in [0.05, 0.1) is 7.11 Å². The van der Waals surface area contributed by atoms with E-state index in [1.807, 2.05) is 18.2 Å². The minimum Gasteiger partial charge on any atom is -0.496 e. The van der Waals surface area contributed by atoms with Gasteiger partial charge in [0.25, 0.3) is 0 Å². The molecule has 0 aliphatic heterocycles. The fourth-order valence-corrected chi connectivity index (χ4v) is 1.74. The Morgan fingerprint density at radius 2 is 1.94 bits per heavy atom. The third-order valence-electron chi connectivity index (χ3n) is 2.36. The average Bonchev–Trinajstić information content (AvgIpc) is 2.24. The molecular weight excluding hydrogens is 200 g/mol. The first-order chi connectivity index (χ1) is 7.48. The van der Waals surface area contributed by atoms with Crippen LogP contribution in [-0.2, 0) is 0 Å². The van der Waals surface area contributed by atoms with Gasteiger partial charge in [-0.1, -0.05) is 18.2 Å². The highest BCUT2D eigenvalue weighted by atomic mass is 16.5. The molecule has 1 rings (SSSR count). The van der Waals surface area contributed by atoms with Crippen molar-refractivity contribution in [2.75, 3.05) is 13.7 Å². The number of hydrogen-bond acceptors (Lipinski definition) is 3. The van der Waals surface area contributed by atoms with Gasteiger partial charge < -0.3 is 15.8 Å². The van der Waals surface area contributed by atoms with Crippen LogP contribution in [0.25, 0.3) is 0 Å². The Labute approximate surface area is 98.0 Å². The van der Waals surface area contributed by atoms with E-state index in [-0.39, 0.29) is 11.6 Å². The summed E-state index contributed by atoms with van der Waals surface area (Å²) < 4.78 is 5.35. The molecule has 1 atom stereocenters. The van der Waals surface area contributed by atoms with E-state index in [1.54, 1.807) is 7.11 Å². The van der Waals surface area contributed by atoms with E-state index in [2.05, 4.69) is 32.2 Å². The van der Waals surface area contributed by atoms with Crippen molar-refractivity contribution in [2.24, 2.45) is 5.73 Å². The molecule has 0 aromatic heterocycles. The van der Waals surface area contributed by atoms with Crippen LogP contribution in [0.15, 0.2) is 24.3 Å². The van der Waals surface area contributed by atoms with Crippen molar-refractivity contribution in [1.82, 2.24) is 5.32 Å². The minimum atomic E-state index is 0.0326. The third-order valence-corrected chi connectivity index (χ3v) is 2.36. The van der Waals surface area contributed by atoms with E-state index in [4.69, 9.17) is 10.5 Å². The average molecular weight is 222 g/mol. The minimum absolute atomic E-state index is 0.0326. The Morgan fingerprint density at radius 1 is 1.31 bits per heavy atom. The topological polar surface area (TPSA) is 47.3 Å². The maximum absolute atomic E-state index is 5.82. The Morgan fingerprint density at radius 3 is 2.44 bits per heavy atom. The molecule has 0 bridgehead atoms. The van der Waals surface area contributed by atoms with Crippen LogP contribution in [0.3, 0.4) is 0 Å². The second-order valence-corrected chi connectivity index (χ2v) is 4.92. The lowest BCUT2D eigenvalue weighted by atomic mass is 10.0. The SMILES string of the molecule is COc1ccccc1C(CN)NC(C)(C)C. The van der Waals surface area contributed by atoms with Gasteiger partial charge in [-0.05, 0) is 26.8 Å². The summed E-state index contributed by atoms with van der Waals surface area (Å²) in [6.45, 7) is 6.94. The van der Waals surface area contributed by atoms with E-state index in [0.717, 1.165) is 11.3 Å². The van der Waals surface area contributed by atoms with Crippen molar-refractivity contribution in [3.8, 4) is 5.75 Å². The van der Waals surface area contributed by atoms with E-state index in [9.17, 15) is 0 Å². The highest BCUT2D eigenvalue weighted by Gasteiger charge is 2.19. The fraction of sp³-hybridized carbons (Fsp3) is 0.538. The Hall–Kier alpha value is -1.06. The summed E-state index contributed by atoms with van der Waals surface area (Å²) in [5.41, 5.74) is 6.96. The van der Waals surface area contributed by atoms with Crippen molar-refractivity contribution in [3.05, 3.63) is 29.8 Å². The molecule has 0 heterocycles. The summed E-state index contributed by atoms with van der Waals surface area (Å²) >= 11 is 0. The van der Waals surface area contributed by atoms with Gasteiger partial charge in [0, 0.05) is 23.7 Å². The van der Waals surface area contributed by atoms with E-state index >= 15 is 0 Å². The molecule has 16 heavy (non-hydrogen) atoms. The van der Waals surface area contributed by atoms with Crippen LogP contribution in [0.5, 0.6) is 5.75 Å². The standard InChI is InChI=1S/C13H22N2O/c1-13(2,3)15-11(9-14)10-7-5-6-8-12(10)16-4/h5-8,11,15H,9,14H2,1-4H3. The summed E-state index contributed by atoms with van der Waals surface area (Å²) in [7, 11) is 1.68. The molecule has 3 N–H and O–H groups in total. The van der Waals surface area contributed by atoms with Gasteiger partial charge in [-0.3, -0.25) is 0 Å². The zero-order valence-corrected chi connectivity index (χ0v) is 10.6. The van der Waals surface area contributed by atoms with Gasteiger partial charge in [0.1, 0.15) is 5.75 Å². The van der Waals surface area contributed by atoms with Crippen molar-refractivity contribution >= 4 is 0 Å². The molecule has 3 heteroatoms. The lowest BCUT2D eigenvalue weighted by molar-refractivity contribution is 0.351. The summed E-state index contributed by atoms with van der Waals surface area (Å²) in [6, 6.07) is 8.10. The van der Waals surface area contributed by atoms with Gasteiger partial charge in [0.15, 0.2) is 0 Å². The maximum Gasteiger partial charge on any atom is 0.123 e. The Bertz CT molecular complexity index is 331. The smallest absolute Gasteiger partial charge is 0.123 e. The van der Waals surface area contributed by atoms with Crippen LogP contribution < -0.4 is 15.8 Å². The van der Waals surface area contributed by atoms with Crippen molar-refractivity contribution in [1.29, 1.82) is 0 Å². The first kappa shape index (κ1) is 13.0. The number of hydrogen-bond donors (Lipinski definition) is 2. The van der Waals surface area contributed by atoms with Crippen molar-refractivity contribution in [2.45, 2.75) is 32.4 Å². The Kier molecular flexibility index (Phi) is 4.33.